The van der Waals surface area contributed by atoms with Gasteiger partial charge >= 0.3 is 0 Å². The minimum atomic E-state index is -2.63. The van der Waals surface area contributed by atoms with Gasteiger partial charge in [0.05, 0.1) is 5.71 Å². The highest BCUT2D eigenvalue weighted by Gasteiger charge is 2.27. The van der Waals surface area contributed by atoms with Gasteiger partial charge in [0.2, 0.25) is 0 Å². The molecule has 2 aromatic rings. The quantitative estimate of drug-likeness (QED) is 0.493. The van der Waals surface area contributed by atoms with Crippen LogP contribution in [0.5, 0.6) is 5.75 Å². The third kappa shape index (κ3) is 5.81. The zero-order valence-corrected chi connectivity index (χ0v) is 16.1. The summed E-state index contributed by atoms with van der Waals surface area (Å²) in [6.45, 7) is 7.36. The van der Waals surface area contributed by atoms with Gasteiger partial charge in [-0.05, 0) is 51.5 Å². The van der Waals surface area contributed by atoms with Gasteiger partial charge in [0.1, 0.15) is 28.5 Å². The molecule has 3 nitrogen and oxygen atoms in total. The maximum atomic E-state index is 13.3. The molecule has 140 valence electrons. The molecule has 0 saturated carbocycles. The van der Waals surface area contributed by atoms with Crippen molar-refractivity contribution in [2.45, 2.75) is 45.5 Å². The van der Waals surface area contributed by atoms with Crippen LogP contribution in [0.15, 0.2) is 52.9 Å². The van der Waals surface area contributed by atoms with Gasteiger partial charge in [0.15, 0.2) is 0 Å². The van der Waals surface area contributed by atoms with Crippen molar-refractivity contribution < 1.29 is 18.1 Å². The fraction of sp³-hybridized carbons (Fsp3) is 0.350. The van der Waals surface area contributed by atoms with E-state index in [-0.39, 0.29) is 12.2 Å². The Hall–Kier alpha value is -1.92. The standard InChI is InChI=1S/C20H23F2NO2S/c1-14(23-26(24)20(2,3)4)16-10-17(19(21)22)12-18(11-16)25-13-15-8-6-5-7-9-15/h5-12,19H,13H2,1-4H3. The average molecular weight is 379 g/mol. The first-order valence-corrected chi connectivity index (χ1v) is 9.35. The molecular weight excluding hydrogens is 356 g/mol. The lowest BCUT2D eigenvalue weighted by atomic mass is 10.1. The summed E-state index contributed by atoms with van der Waals surface area (Å²) < 4.78 is 48.0. The van der Waals surface area contributed by atoms with Gasteiger partial charge in [0, 0.05) is 11.1 Å². The van der Waals surface area contributed by atoms with E-state index in [0.29, 0.717) is 17.0 Å². The number of halogens is 2. The Morgan fingerprint density at radius 3 is 2.38 bits per heavy atom. The van der Waals surface area contributed by atoms with E-state index in [1.165, 1.54) is 12.1 Å². The fourth-order valence-electron chi connectivity index (χ4n) is 2.10. The fourth-order valence-corrected chi connectivity index (χ4v) is 2.72. The summed E-state index contributed by atoms with van der Waals surface area (Å²) in [5, 5.41) is 0. The van der Waals surface area contributed by atoms with Crippen molar-refractivity contribution >= 4 is 17.1 Å². The van der Waals surface area contributed by atoms with Gasteiger partial charge in [-0.3, -0.25) is 0 Å². The van der Waals surface area contributed by atoms with Crippen molar-refractivity contribution in [1.82, 2.24) is 0 Å². The summed E-state index contributed by atoms with van der Waals surface area (Å²) in [5.74, 6) is 0.331. The van der Waals surface area contributed by atoms with Crippen molar-refractivity contribution in [3.05, 3.63) is 65.2 Å². The van der Waals surface area contributed by atoms with E-state index in [1.807, 2.05) is 51.1 Å². The Morgan fingerprint density at radius 1 is 1.15 bits per heavy atom. The van der Waals surface area contributed by atoms with E-state index in [2.05, 4.69) is 4.40 Å². The molecule has 1 unspecified atom stereocenters. The Morgan fingerprint density at radius 2 is 1.81 bits per heavy atom. The second-order valence-electron chi connectivity index (χ2n) is 6.90. The molecule has 0 aliphatic heterocycles. The van der Waals surface area contributed by atoms with Gasteiger partial charge in [-0.15, -0.1) is 0 Å². The van der Waals surface area contributed by atoms with Crippen LogP contribution in [0, 0.1) is 0 Å². The van der Waals surface area contributed by atoms with Crippen molar-refractivity contribution in [3.8, 4) is 5.75 Å². The maximum absolute atomic E-state index is 13.3. The van der Waals surface area contributed by atoms with Crippen LogP contribution in [0.3, 0.4) is 0 Å². The van der Waals surface area contributed by atoms with Gasteiger partial charge in [0.25, 0.3) is 6.43 Å². The summed E-state index contributed by atoms with van der Waals surface area (Å²) in [4.78, 5) is 0. The minimum Gasteiger partial charge on any atom is -0.591 e. The number of rotatable bonds is 6. The molecule has 0 heterocycles. The third-order valence-corrected chi connectivity index (χ3v) is 5.08. The van der Waals surface area contributed by atoms with Crippen LogP contribution >= 0.6 is 0 Å². The molecule has 0 aliphatic rings. The minimum absolute atomic E-state index is 0.151. The highest BCUT2D eigenvalue weighted by atomic mass is 32.2. The van der Waals surface area contributed by atoms with Crippen LogP contribution in [-0.2, 0) is 18.0 Å². The Kier molecular flexibility index (Phi) is 6.78. The number of hydrogen-bond donors (Lipinski definition) is 0. The first-order chi connectivity index (χ1) is 12.2. The first-order valence-electron chi connectivity index (χ1n) is 8.24. The van der Waals surface area contributed by atoms with Crippen LogP contribution in [0.2, 0.25) is 0 Å². The molecule has 2 aromatic carbocycles. The summed E-state index contributed by atoms with van der Waals surface area (Å²) >= 11 is -1.47. The molecule has 0 saturated heterocycles. The predicted molar refractivity (Wildman–Crippen MR) is 102 cm³/mol. The van der Waals surface area contributed by atoms with Crippen molar-refractivity contribution in [2.24, 2.45) is 4.40 Å². The molecule has 0 radical (unpaired) electrons. The largest absolute Gasteiger partial charge is 0.591 e. The predicted octanol–water partition coefficient (Wildman–Crippen LogP) is 5.47. The lowest BCUT2D eigenvalue weighted by Gasteiger charge is -2.19. The highest BCUT2D eigenvalue weighted by Crippen LogP contribution is 2.27. The number of nitrogens with zero attached hydrogens (tertiary/aromatic N) is 1. The van der Waals surface area contributed by atoms with Crippen molar-refractivity contribution in [2.75, 3.05) is 0 Å². The van der Waals surface area contributed by atoms with Crippen molar-refractivity contribution in [1.29, 1.82) is 0 Å². The normalized spacial score (nSPS) is 13.8. The molecule has 0 fully saturated rings. The molecule has 0 N–H and O–H groups in total. The van der Waals surface area contributed by atoms with Crippen LogP contribution in [0.4, 0.5) is 8.78 Å². The van der Waals surface area contributed by atoms with Crippen molar-refractivity contribution in [3.63, 3.8) is 0 Å². The Labute approximate surface area is 156 Å². The van der Waals surface area contributed by atoms with E-state index < -0.39 is 22.5 Å². The topological polar surface area (TPSA) is 44.7 Å². The number of hydrogen-bond acceptors (Lipinski definition) is 3. The second kappa shape index (κ2) is 8.64. The number of benzene rings is 2. The van der Waals surface area contributed by atoms with Gasteiger partial charge in [-0.1, -0.05) is 34.7 Å². The van der Waals surface area contributed by atoms with E-state index in [4.69, 9.17) is 4.74 Å². The van der Waals surface area contributed by atoms with E-state index >= 15 is 0 Å². The summed E-state index contributed by atoms with van der Waals surface area (Å²) in [6, 6.07) is 13.8. The molecule has 0 aliphatic carbocycles. The molecule has 6 heteroatoms. The lowest BCUT2D eigenvalue weighted by molar-refractivity contribution is 0.150. The summed E-state index contributed by atoms with van der Waals surface area (Å²) in [6.07, 6.45) is -2.63. The maximum Gasteiger partial charge on any atom is 0.264 e. The van der Waals surface area contributed by atoms with Crippen LogP contribution in [0.25, 0.3) is 0 Å². The van der Waals surface area contributed by atoms with Crippen LogP contribution in [0.1, 0.15) is 50.8 Å². The molecule has 26 heavy (non-hydrogen) atoms. The zero-order valence-electron chi connectivity index (χ0n) is 15.3. The molecule has 0 spiro atoms. The van der Waals surface area contributed by atoms with E-state index in [9.17, 15) is 13.3 Å². The summed E-state index contributed by atoms with van der Waals surface area (Å²) in [5.41, 5.74) is 1.70. The molecule has 2 rings (SSSR count). The SMILES string of the molecule is CC(=N[S+]([O-])C(C)(C)C)c1cc(OCc2ccccc2)cc(C(F)F)c1. The van der Waals surface area contributed by atoms with Gasteiger partial charge < -0.3 is 9.29 Å². The number of ether oxygens (including phenoxy) is 1. The molecular formula is C20H23F2NO2S. The highest BCUT2D eigenvalue weighted by molar-refractivity contribution is 7.91. The monoisotopic (exact) mass is 379 g/mol. The number of alkyl halides is 2. The molecule has 0 aromatic heterocycles. The third-order valence-electron chi connectivity index (χ3n) is 3.59. The van der Waals surface area contributed by atoms with E-state index in [1.54, 1.807) is 13.0 Å². The molecule has 0 amide bonds. The first kappa shape index (κ1) is 20.4. The van der Waals surface area contributed by atoms with Gasteiger partial charge in [-0.25, -0.2) is 8.78 Å². The molecule has 1 atom stereocenters. The Balaban J connectivity index is 2.28. The summed E-state index contributed by atoms with van der Waals surface area (Å²) in [7, 11) is 0. The van der Waals surface area contributed by atoms with E-state index in [0.717, 1.165) is 5.56 Å². The second-order valence-corrected chi connectivity index (χ2v) is 8.81. The lowest BCUT2D eigenvalue weighted by Crippen LogP contribution is -2.26. The smallest absolute Gasteiger partial charge is 0.264 e. The average Bonchev–Trinajstić information content (AvgIpc) is 2.59. The Bertz CT molecular complexity index is 758. The van der Waals surface area contributed by atoms with Gasteiger partial charge in [-0.2, -0.15) is 0 Å². The van der Waals surface area contributed by atoms with Crippen LogP contribution < -0.4 is 4.74 Å². The molecule has 0 bridgehead atoms. The van der Waals surface area contributed by atoms with Crippen LogP contribution in [-0.4, -0.2) is 15.0 Å². The zero-order chi connectivity index (χ0) is 19.3.